The van der Waals surface area contributed by atoms with Crippen molar-refractivity contribution < 1.29 is 0 Å². The molecule has 0 aliphatic heterocycles. The molecule has 0 radical (unpaired) electrons. The molecule has 1 aromatic heterocycles. The van der Waals surface area contributed by atoms with E-state index in [9.17, 15) is 0 Å². The van der Waals surface area contributed by atoms with Crippen LogP contribution in [-0.4, -0.2) is 21.3 Å². The third kappa shape index (κ3) is 2.54. The average molecular weight is 256 g/mol. The van der Waals surface area contributed by atoms with Crippen molar-refractivity contribution in [3.8, 4) is 5.69 Å². The first-order valence-electron chi connectivity index (χ1n) is 7.04. The van der Waals surface area contributed by atoms with E-state index < -0.39 is 0 Å². The molecular weight excluding hydrogens is 236 g/mol. The molecule has 1 aliphatic carbocycles. The highest BCUT2D eigenvalue weighted by Gasteiger charge is 2.25. The van der Waals surface area contributed by atoms with Crippen LogP contribution in [0.1, 0.15) is 37.4 Å². The monoisotopic (exact) mass is 256 g/mol. The predicted octanol–water partition coefficient (Wildman–Crippen LogP) is 2.50. The van der Waals surface area contributed by atoms with Crippen molar-refractivity contribution in [3.05, 3.63) is 42.5 Å². The van der Waals surface area contributed by atoms with Gasteiger partial charge in [-0.1, -0.05) is 18.2 Å². The summed E-state index contributed by atoms with van der Waals surface area (Å²) < 4.78 is 2.12. The quantitative estimate of drug-likeness (QED) is 0.918. The summed E-state index contributed by atoms with van der Waals surface area (Å²) in [5.41, 5.74) is 6.90. The fourth-order valence-electron chi connectivity index (χ4n) is 2.97. The van der Waals surface area contributed by atoms with Gasteiger partial charge in [0, 0.05) is 11.6 Å². The van der Waals surface area contributed by atoms with E-state index in [1.165, 1.54) is 25.7 Å². The summed E-state index contributed by atoms with van der Waals surface area (Å²) in [6.45, 7) is 0.818. The molecule has 4 nitrogen and oxygen atoms in total. The molecule has 0 atom stereocenters. The van der Waals surface area contributed by atoms with Crippen LogP contribution in [0.5, 0.6) is 0 Å². The van der Waals surface area contributed by atoms with Crippen molar-refractivity contribution in [3.63, 3.8) is 0 Å². The maximum Gasteiger partial charge on any atom is 0.140 e. The van der Waals surface area contributed by atoms with Crippen LogP contribution in [0.3, 0.4) is 0 Å². The summed E-state index contributed by atoms with van der Waals surface area (Å²) in [6, 6.07) is 10.3. The third-order valence-corrected chi connectivity index (χ3v) is 4.15. The molecule has 0 bridgehead atoms. The number of nitrogens with two attached hydrogens (primary N) is 1. The Morgan fingerprint density at radius 1 is 1.11 bits per heavy atom. The first-order chi connectivity index (χ1) is 9.38. The summed E-state index contributed by atoms with van der Waals surface area (Å²) >= 11 is 0. The van der Waals surface area contributed by atoms with Gasteiger partial charge < -0.3 is 5.73 Å². The first-order valence-corrected chi connectivity index (χ1v) is 7.04. The second-order valence-corrected chi connectivity index (χ2v) is 5.35. The zero-order chi connectivity index (χ0) is 13.1. The van der Waals surface area contributed by atoms with Crippen LogP contribution in [0.15, 0.2) is 36.7 Å². The molecule has 1 saturated carbocycles. The number of para-hydroxylation sites is 1. The Kier molecular flexibility index (Phi) is 3.60. The number of aromatic nitrogens is 3. The molecule has 0 unspecified atom stereocenters. The Labute approximate surface area is 113 Å². The number of benzene rings is 1. The van der Waals surface area contributed by atoms with E-state index in [1.54, 1.807) is 0 Å². The highest BCUT2D eigenvalue weighted by atomic mass is 15.3. The molecule has 1 heterocycles. The molecule has 4 heteroatoms. The zero-order valence-corrected chi connectivity index (χ0v) is 11.1. The smallest absolute Gasteiger partial charge is 0.140 e. The minimum absolute atomic E-state index is 0.519. The molecule has 1 aromatic carbocycles. The lowest BCUT2D eigenvalue weighted by Gasteiger charge is -2.27. The van der Waals surface area contributed by atoms with Crippen LogP contribution in [-0.2, 0) is 0 Å². The fourth-order valence-corrected chi connectivity index (χ4v) is 2.97. The largest absolute Gasteiger partial charge is 0.330 e. The van der Waals surface area contributed by atoms with E-state index in [0.29, 0.717) is 11.8 Å². The van der Waals surface area contributed by atoms with Crippen LogP contribution in [0, 0.1) is 5.92 Å². The van der Waals surface area contributed by atoms with Gasteiger partial charge in [0.15, 0.2) is 0 Å². The molecule has 1 fully saturated rings. The lowest BCUT2D eigenvalue weighted by atomic mass is 9.81. The van der Waals surface area contributed by atoms with Crippen molar-refractivity contribution in [2.45, 2.75) is 31.6 Å². The molecule has 100 valence electrons. The summed E-state index contributed by atoms with van der Waals surface area (Å²) in [5.74, 6) is 2.32. The molecule has 0 saturated heterocycles. The molecular formula is C15H20N4. The van der Waals surface area contributed by atoms with Crippen molar-refractivity contribution in [1.82, 2.24) is 14.8 Å². The highest BCUT2D eigenvalue weighted by Crippen LogP contribution is 2.35. The first kappa shape index (κ1) is 12.4. The molecule has 0 spiro atoms. The number of hydrogen-bond donors (Lipinski definition) is 1. The Bertz CT molecular complexity index is 512. The van der Waals surface area contributed by atoms with Gasteiger partial charge in [-0.2, -0.15) is 0 Å². The number of hydrogen-bond acceptors (Lipinski definition) is 3. The van der Waals surface area contributed by atoms with E-state index in [4.69, 9.17) is 5.73 Å². The SMILES string of the molecule is NCC1CCC(c2nncn2-c2ccccc2)CC1. The van der Waals surface area contributed by atoms with E-state index in [1.807, 2.05) is 24.5 Å². The topological polar surface area (TPSA) is 56.7 Å². The van der Waals surface area contributed by atoms with Crippen LogP contribution in [0.2, 0.25) is 0 Å². The Balaban J connectivity index is 1.81. The minimum Gasteiger partial charge on any atom is -0.330 e. The molecule has 0 amide bonds. The molecule has 2 N–H and O–H groups in total. The van der Waals surface area contributed by atoms with E-state index >= 15 is 0 Å². The van der Waals surface area contributed by atoms with Crippen LogP contribution in [0.25, 0.3) is 5.69 Å². The Morgan fingerprint density at radius 3 is 2.53 bits per heavy atom. The van der Waals surface area contributed by atoms with Crippen LogP contribution in [0.4, 0.5) is 0 Å². The Morgan fingerprint density at radius 2 is 1.84 bits per heavy atom. The summed E-state index contributed by atoms with van der Waals surface area (Å²) in [7, 11) is 0. The molecule has 3 rings (SSSR count). The normalized spacial score (nSPS) is 23.4. The lowest BCUT2D eigenvalue weighted by Crippen LogP contribution is -2.22. The fraction of sp³-hybridized carbons (Fsp3) is 0.467. The highest BCUT2D eigenvalue weighted by molar-refractivity contribution is 5.32. The zero-order valence-electron chi connectivity index (χ0n) is 11.1. The van der Waals surface area contributed by atoms with Gasteiger partial charge >= 0.3 is 0 Å². The van der Waals surface area contributed by atoms with Crippen molar-refractivity contribution in [1.29, 1.82) is 0 Å². The second-order valence-electron chi connectivity index (χ2n) is 5.35. The van der Waals surface area contributed by atoms with Gasteiger partial charge in [-0.05, 0) is 50.3 Å². The van der Waals surface area contributed by atoms with Gasteiger partial charge in [0.25, 0.3) is 0 Å². The molecule has 2 aromatic rings. The lowest BCUT2D eigenvalue weighted by molar-refractivity contribution is 0.323. The maximum absolute atomic E-state index is 5.76. The van der Waals surface area contributed by atoms with E-state index in [-0.39, 0.29) is 0 Å². The van der Waals surface area contributed by atoms with Gasteiger partial charge in [-0.3, -0.25) is 4.57 Å². The minimum atomic E-state index is 0.519. The van der Waals surface area contributed by atoms with E-state index in [0.717, 1.165) is 18.1 Å². The Hall–Kier alpha value is -1.68. The summed E-state index contributed by atoms with van der Waals surface area (Å²) in [5, 5.41) is 8.45. The van der Waals surface area contributed by atoms with Gasteiger partial charge in [-0.15, -0.1) is 10.2 Å². The van der Waals surface area contributed by atoms with Gasteiger partial charge in [-0.25, -0.2) is 0 Å². The van der Waals surface area contributed by atoms with Gasteiger partial charge in [0.1, 0.15) is 12.2 Å². The molecule has 19 heavy (non-hydrogen) atoms. The van der Waals surface area contributed by atoms with Crippen molar-refractivity contribution in [2.24, 2.45) is 11.7 Å². The number of rotatable bonds is 3. The molecule has 1 aliphatic rings. The summed E-state index contributed by atoms with van der Waals surface area (Å²) in [6.07, 6.45) is 6.59. The van der Waals surface area contributed by atoms with Crippen molar-refractivity contribution >= 4 is 0 Å². The third-order valence-electron chi connectivity index (χ3n) is 4.15. The second kappa shape index (κ2) is 5.53. The summed E-state index contributed by atoms with van der Waals surface area (Å²) in [4.78, 5) is 0. The van der Waals surface area contributed by atoms with Crippen molar-refractivity contribution in [2.75, 3.05) is 6.54 Å². The van der Waals surface area contributed by atoms with Crippen LogP contribution >= 0.6 is 0 Å². The van der Waals surface area contributed by atoms with Gasteiger partial charge in [0.2, 0.25) is 0 Å². The maximum atomic E-state index is 5.76. The standard InChI is InChI=1S/C15H20N4/c16-10-12-6-8-13(9-7-12)15-18-17-11-19(15)14-4-2-1-3-5-14/h1-5,11-13H,6-10,16H2. The van der Waals surface area contributed by atoms with Crippen LogP contribution < -0.4 is 5.73 Å². The predicted molar refractivity (Wildman–Crippen MR) is 75.1 cm³/mol. The average Bonchev–Trinajstić information content (AvgIpc) is 2.98. The van der Waals surface area contributed by atoms with E-state index in [2.05, 4.69) is 26.9 Å². The number of nitrogens with zero attached hydrogens (tertiary/aromatic N) is 3. The van der Waals surface area contributed by atoms with Gasteiger partial charge in [0.05, 0.1) is 0 Å².